The molecule has 1 N–H and O–H groups in total. The summed E-state index contributed by atoms with van der Waals surface area (Å²) in [6.45, 7) is 9.16. The number of benzene rings is 1. The van der Waals surface area contributed by atoms with Crippen LogP contribution in [0, 0.1) is 12.8 Å². The van der Waals surface area contributed by atoms with Crippen LogP contribution in [0.3, 0.4) is 0 Å². The van der Waals surface area contributed by atoms with Gasteiger partial charge in [-0.25, -0.2) is 8.42 Å². The first-order valence-electron chi connectivity index (χ1n) is 9.87. The Morgan fingerprint density at radius 3 is 2.63 bits per heavy atom. The van der Waals surface area contributed by atoms with Gasteiger partial charge in [-0.15, -0.1) is 0 Å². The molecule has 3 rings (SSSR count). The number of hydrogen-bond donors (Lipinski definition) is 1. The summed E-state index contributed by atoms with van der Waals surface area (Å²) in [5.74, 6) is -0.319. The number of piperazine rings is 1. The summed E-state index contributed by atoms with van der Waals surface area (Å²) in [6, 6.07) is 8.70. The maximum Gasteiger partial charge on any atom is 0.224 e. The monoisotopic (exact) mass is 393 g/mol. The Hall–Kier alpha value is -1.60. The van der Waals surface area contributed by atoms with Gasteiger partial charge in [-0.2, -0.15) is 0 Å². The zero-order chi connectivity index (χ0) is 19.4. The van der Waals surface area contributed by atoms with Crippen LogP contribution in [0.25, 0.3) is 0 Å². The van der Waals surface area contributed by atoms with E-state index in [4.69, 9.17) is 0 Å². The number of aryl methyl sites for hydroxylation is 1. The predicted molar refractivity (Wildman–Crippen MR) is 109 cm³/mol. The van der Waals surface area contributed by atoms with Crippen LogP contribution in [0.2, 0.25) is 0 Å². The Bertz CT molecular complexity index is 757. The number of amides is 1. The Morgan fingerprint density at radius 2 is 2.00 bits per heavy atom. The number of sulfone groups is 1. The van der Waals surface area contributed by atoms with Crippen molar-refractivity contribution in [3.05, 3.63) is 29.8 Å². The van der Waals surface area contributed by atoms with E-state index in [-0.39, 0.29) is 29.4 Å². The molecule has 150 valence electrons. The van der Waals surface area contributed by atoms with Crippen molar-refractivity contribution < 1.29 is 13.2 Å². The summed E-state index contributed by atoms with van der Waals surface area (Å²) in [5, 5.41) is 3.00. The average molecular weight is 394 g/mol. The molecule has 1 aromatic carbocycles. The number of carbonyl (C=O) groups is 1. The molecule has 0 spiro atoms. The van der Waals surface area contributed by atoms with Gasteiger partial charge in [-0.05, 0) is 44.4 Å². The average Bonchev–Trinajstić information content (AvgIpc) is 3.00. The number of rotatable bonds is 6. The first-order valence-corrected chi connectivity index (χ1v) is 11.7. The van der Waals surface area contributed by atoms with Crippen LogP contribution in [0.4, 0.5) is 5.69 Å². The lowest BCUT2D eigenvalue weighted by molar-refractivity contribution is -0.124. The minimum absolute atomic E-state index is 0.00642. The highest BCUT2D eigenvalue weighted by molar-refractivity contribution is 7.91. The van der Waals surface area contributed by atoms with Gasteiger partial charge in [0.05, 0.1) is 17.4 Å². The summed E-state index contributed by atoms with van der Waals surface area (Å²) in [7, 11) is -3.01. The predicted octanol–water partition coefficient (Wildman–Crippen LogP) is 1.45. The van der Waals surface area contributed by atoms with Crippen molar-refractivity contribution in [1.29, 1.82) is 0 Å². The summed E-state index contributed by atoms with van der Waals surface area (Å²) >= 11 is 0. The van der Waals surface area contributed by atoms with Crippen LogP contribution >= 0.6 is 0 Å². The van der Waals surface area contributed by atoms with Gasteiger partial charge in [0, 0.05) is 44.5 Å². The Balaban J connectivity index is 1.38. The molecule has 2 unspecified atom stereocenters. The van der Waals surface area contributed by atoms with E-state index < -0.39 is 9.84 Å². The highest BCUT2D eigenvalue weighted by Gasteiger charge is 2.33. The fraction of sp³-hybridized carbons (Fsp3) is 0.650. The van der Waals surface area contributed by atoms with Gasteiger partial charge in [0.2, 0.25) is 5.91 Å². The summed E-state index contributed by atoms with van der Waals surface area (Å²) in [4.78, 5) is 17.1. The SMILES string of the molecule is Cc1cccc(N2CCN(CCC(C)NC(=O)C3CCS(=O)(=O)C3)CC2)c1. The van der Waals surface area contributed by atoms with Gasteiger partial charge in [-0.1, -0.05) is 12.1 Å². The number of hydrogen-bond acceptors (Lipinski definition) is 5. The standard InChI is InChI=1S/C20H31N3O3S/c1-16-4-3-5-19(14-16)23-11-9-22(10-12-23)8-6-17(2)21-20(24)18-7-13-27(25,26)15-18/h3-5,14,17-18H,6-13,15H2,1-2H3,(H,21,24). The molecule has 2 aliphatic heterocycles. The first kappa shape index (κ1) is 20.1. The van der Waals surface area contributed by atoms with Crippen LogP contribution in [0.5, 0.6) is 0 Å². The fourth-order valence-corrected chi connectivity index (χ4v) is 5.61. The Kier molecular flexibility index (Phi) is 6.42. The van der Waals surface area contributed by atoms with E-state index in [0.717, 1.165) is 39.1 Å². The van der Waals surface area contributed by atoms with Crippen LogP contribution in [0.15, 0.2) is 24.3 Å². The van der Waals surface area contributed by atoms with Crippen LogP contribution in [-0.2, 0) is 14.6 Å². The lowest BCUT2D eigenvalue weighted by Crippen LogP contribution is -2.48. The normalized spacial score (nSPS) is 23.9. The largest absolute Gasteiger partial charge is 0.369 e. The third-order valence-corrected chi connectivity index (χ3v) is 7.38. The van der Waals surface area contributed by atoms with Crippen molar-refractivity contribution in [2.75, 3.05) is 49.1 Å². The lowest BCUT2D eigenvalue weighted by Gasteiger charge is -2.36. The molecule has 6 nitrogen and oxygen atoms in total. The second-order valence-corrected chi connectivity index (χ2v) is 10.2. The molecule has 0 bridgehead atoms. The Morgan fingerprint density at radius 1 is 1.26 bits per heavy atom. The van der Waals surface area contributed by atoms with Crippen molar-refractivity contribution >= 4 is 21.4 Å². The smallest absolute Gasteiger partial charge is 0.224 e. The number of carbonyl (C=O) groups excluding carboxylic acids is 1. The third kappa shape index (κ3) is 5.69. The third-order valence-electron chi connectivity index (χ3n) is 5.61. The quantitative estimate of drug-likeness (QED) is 0.792. The Labute approximate surface area is 162 Å². The van der Waals surface area contributed by atoms with Crippen LogP contribution < -0.4 is 10.2 Å². The van der Waals surface area contributed by atoms with E-state index in [1.54, 1.807) is 0 Å². The maximum atomic E-state index is 12.2. The summed E-state index contributed by atoms with van der Waals surface area (Å²) in [6.07, 6.45) is 1.34. The molecule has 27 heavy (non-hydrogen) atoms. The molecular formula is C20H31N3O3S. The van der Waals surface area contributed by atoms with Crippen LogP contribution in [-0.4, -0.2) is 69.5 Å². The van der Waals surface area contributed by atoms with Crippen LogP contribution in [0.1, 0.15) is 25.3 Å². The highest BCUT2D eigenvalue weighted by atomic mass is 32.2. The van der Waals surface area contributed by atoms with E-state index >= 15 is 0 Å². The zero-order valence-electron chi connectivity index (χ0n) is 16.4. The van der Waals surface area contributed by atoms with E-state index in [2.05, 4.69) is 46.3 Å². The van der Waals surface area contributed by atoms with Crippen molar-refractivity contribution in [3.63, 3.8) is 0 Å². The van der Waals surface area contributed by atoms with Gasteiger partial charge >= 0.3 is 0 Å². The molecule has 0 saturated carbocycles. The molecular weight excluding hydrogens is 362 g/mol. The minimum Gasteiger partial charge on any atom is -0.369 e. The molecule has 0 radical (unpaired) electrons. The lowest BCUT2D eigenvalue weighted by atomic mass is 10.1. The van der Waals surface area contributed by atoms with Crippen molar-refractivity contribution in [3.8, 4) is 0 Å². The van der Waals surface area contributed by atoms with E-state index in [9.17, 15) is 13.2 Å². The molecule has 2 saturated heterocycles. The molecule has 2 aliphatic rings. The van der Waals surface area contributed by atoms with E-state index in [0.29, 0.717) is 6.42 Å². The zero-order valence-corrected chi connectivity index (χ0v) is 17.2. The van der Waals surface area contributed by atoms with Crippen molar-refractivity contribution in [2.24, 2.45) is 5.92 Å². The fourth-order valence-electron chi connectivity index (χ4n) is 3.87. The highest BCUT2D eigenvalue weighted by Crippen LogP contribution is 2.19. The minimum atomic E-state index is -3.01. The van der Waals surface area contributed by atoms with E-state index in [1.165, 1.54) is 11.3 Å². The maximum absolute atomic E-state index is 12.2. The van der Waals surface area contributed by atoms with Gasteiger partial charge < -0.3 is 10.2 Å². The molecule has 1 aromatic rings. The number of nitrogens with one attached hydrogen (secondary N) is 1. The molecule has 1 amide bonds. The number of nitrogens with zero attached hydrogens (tertiary/aromatic N) is 2. The first-order chi connectivity index (χ1) is 12.8. The summed E-state index contributed by atoms with van der Waals surface area (Å²) in [5.41, 5.74) is 2.58. The molecule has 0 aliphatic carbocycles. The molecule has 2 atom stereocenters. The second-order valence-electron chi connectivity index (χ2n) is 7.97. The van der Waals surface area contributed by atoms with Crippen molar-refractivity contribution in [1.82, 2.24) is 10.2 Å². The second kappa shape index (κ2) is 8.61. The topological polar surface area (TPSA) is 69.7 Å². The molecule has 7 heteroatoms. The molecule has 2 heterocycles. The summed E-state index contributed by atoms with van der Waals surface area (Å²) < 4.78 is 23.0. The molecule has 0 aromatic heterocycles. The van der Waals surface area contributed by atoms with Gasteiger partial charge in [0.1, 0.15) is 0 Å². The molecule has 2 fully saturated rings. The van der Waals surface area contributed by atoms with E-state index in [1.807, 2.05) is 6.92 Å². The van der Waals surface area contributed by atoms with Gasteiger partial charge in [0.15, 0.2) is 9.84 Å². The van der Waals surface area contributed by atoms with Gasteiger partial charge in [-0.3, -0.25) is 9.69 Å². The number of anilines is 1. The van der Waals surface area contributed by atoms with Crippen molar-refractivity contribution in [2.45, 2.75) is 32.7 Å². The van der Waals surface area contributed by atoms with Gasteiger partial charge in [0.25, 0.3) is 0 Å².